The zero-order chi connectivity index (χ0) is 19.9. The van der Waals surface area contributed by atoms with E-state index in [1.165, 1.54) is 12.1 Å². The minimum atomic E-state index is -3.73. The summed E-state index contributed by atoms with van der Waals surface area (Å²) in [6, 6.07) is 12.6. The predicted molar refractivity (Wildman–Crippen MR) is 104 cm³/mol. The fourth-order valence-electron chi connectivity index (χ4n) is 2.35. The Morgan fingerprint density at radius 3 is 2.19 bits per heavy atom. The molecule has 144 valence electrons. The molecule has 7 nitrogen and oxygen atoms in total. The number of carbonyl (C=O) groups excluding carboxylic acids is 2. The van der Waals surface area contributed by atoms with Crippen LogP contribution in [0.15, 0.2) is 53.4 Å². The van der Waals surface area contributed by atoms with Gasteiger partial charge in [0.1, 0.15) is 0 Å². The normalized spacial score (nSPS) is 11.0. The van der Waals surface area contributed by atoms with Crippen LogP contribution < -0.4 is 15.8 Å². The number of nitrogens with two attached hydrogens (primary N) is 1. The van der Waals surface area contributed by atoms with Crippen LogP contribution in [0, 0.1) is 0 Å². The Morgan fingerprint density at radius 2 is 1.63 bits per heavy atom. The highest BCUT2D eigenvalue weighted by atomic mass is 32.2. The van der Waals surface area contributed by atoms with E-state index in [-0.39, 0.29) is 23.3 Å². The third-order valence-electron chi connectivity index (χ3n) is 3.89. The van der Waals surface area contributed by atoms with E-state index in [2.05, 4.69) is 10.6 Å². The maximum Gasteiger partial charge on any atom is 0.251 e. The van der Waals surface area contributed by atoms with Crippen molar-refractivity contribution in [2.75, 3.05) is 5.32 Å². The van der Waals surface area contributed by atoms with Gasteiger partial charge in [-0.25, -0.2) is 13.6 Å². The summed E-state index contributed by atoms with van der Waals surface area (Å²) in [5, 5.41) is 10.6. The molecule has 0 saturated heterocycles. The number of benzene rings is 2. The van der Waals surface area contributed by atoms with E-state index in [1.807, 2.05) is 6.92 Å². The summed E-state index contributed by atoms with van der Waals surface area (Å²) in [7, 11) is -3.73. The second kappa shape index (κ2) is 9.29. The monoisotopic (exact) mass is 389 g/mol. The number of carbonyl (C=O) groups is 2. The summed E-state index contributed by atoms with van der Waals surface area (Å²) in [6.07, 6.45) is 2.27. The summed E-state index contributed by atoms with van der Waals surface area (Å²) in [5.74, 6) is -0.314. The first-order valence-corrected chi connectivity index (χ1v) is 10.1. The van der Waals surface area contributed by atoms with Gasteiger partial charge in [-0.15, -0.1) is 0 Å². The van der Waals surface area contributed by atoms with E-state index in [1.54, 1.807) is 36.4 Å². The number of hydrogen-bond acceptors (Lipinski definition) is 4. The fraction of sp³-hybridized carbons (Fsp3) is 0.263. The van der Waals surface area contributed by atoms with Crippen molar-refractivity contribution in [3.8, 4) is 0 Å². The Morgan fingerprint density at radius 1 is 1.00 bits per heavy atom. The van der Waals surface area contributed by atoms with Crippen molar-refractivity contribution in [2.45, 2.75) is 37.6 Å². The third-order valence-corrected chi connectivity index (χ3v) is 4.82. The molecule has 0 spiro atoms. The van der Waals surface area contributed by atoms with Gasteiger partial charge < -0.3 is 10.6 Å². The van der Waals surface area contributed by atoms with Gasteiger partial charge in [0.05, 0.1) is 4.90 Å². The summed E-state index contributed by atoms with van der Waals surface area (Å²) in [5.41, 5.74) is 1.85. The second-order valence-corrected chi connectivity index (χ2v) is 7.66. The highest BCUT2D eigenvalue weighted by Crippen LogP contribution is 2.12. The van der Waals surface area contributed by atoms with E-state index in [9.17, 15) is 18.0 Å². The molecule has 0 aliphatic rings. The lowest BCUT2D eigenvalue weighted by molar-refractivity contribution is -0.116. The van der Waals surface area contributed by atoms with E-state index in [0.29, 0.717) is 17.7 Å². The van der Waals surface area contributed by atoms with Crippen LogP contribution >= 0.6 is 0 Å². The maximum atomic E-state index is 12.2. The van der Waals surface area contributed by atoms with Gasteiger partial charge in [-0.05, 0) is 48.4 Å². The first-order valence-electron chi connectivity index (χ1n) is 8.59. The van der Waals surface area contributed by atoms with Gasteiger partial charge >= 0.3 is 0 Å². The minimum Gasteiger partial charge on any atom is -0.348 e. The molecule has 8 heteroatoms. The van der Waals surface area contributed by atoms with E-state index < -0.39 is 10.0 Å². The Bertz CT molecular complexity index is 892. The molecule has 2 amide bonds. The molecule has 2 aromatic rings. The van der Waals surface area contributed by atoms with E-state index in [4.69, 9.17) is 5.14 Å². The SMILES string of the molecule is CCCCC(=O)Nc1ccc(C(=O)NCc2ccc(S(N)(=O)=O)cc2)cc1. The molecule has 0 fully saturated rings. The zero-order valence-corrected chi connectivity index (χ0v) is 15.9. The summed E-state index contributed by atoms with van der Waals surface area (Å²) in [6.45, 7) is 2.27. The van der Waals surface area contributed by atoms with Crippen LogP contribution in [-0.2, 0) is 21.4 Å². The van der Waals surface area contributed by atoms with E-state index in [0.717, 1.165) is 18.4 Å². The molecule has 2 rings (SSSR count). The largest absolute Gasteiger partial charge is 0.348 e. The molecule has 4 N–H and O–H groups in total. The number of nitrogens with one attached hydrogen (secondary N) is 2. The molecule has 0 heterocycles. The van der Waals surface area contributed by atoms with Gasteiger partial charge in [-0.1, -0.05) is 25.5 Å². The number of hydrogen-bond donors (Lipinski definition) is 3. The van der Waals surface area contributed by atoms with Crippen LogP contribution in [0.3, 0.4) is 0 Å². The molecule has 0 saturated carbocycles. The molecule has 0 aromatic heterocycles. The van der Waals surface area contributed by atoms with Crippen molar-refractivity contribution in [3.05, 3.63) is 59.7 Å². The molecule has 0 aliphatic carbocycles. The molecular formula is C19H23N3O4S. The number of primary sulfonamides is 1. The number of rotatable bonds is 8. The molecule has 0 atom stereocenters. The summed E-state index contributed by atoms with van der Waals surface area (Å²) in [4.78, 5) is 23.9. The summed E-state index contributed by atoms with van der Waals surface area (Å²) >= 11 is 0. The average Bonchev–Trinajstić information content (AvgIpc) is 2.64. The first kappa shape index (κ1) is 20.6. The van der Waals surface area contributed by atoms with Crippen LogP contribution in [0.1, 0.15) is 42.1 Å². The van der Waals surface area contributed by atoms with Gasteiger partial charge in [0.15, 0.2) is 0 Å². The van der Waals surface area contributed by atoms with E-state index >= 15 is 0 Å². The number of sulfonamides is 1. The topological polar surface area (TPSA) is 118 Å². The minimum absolute atomic E-state index is 0.0224. The first-order chi connectivity index (χ1) is 12.8. The second-order valence-electron chi connectivity index (χ2n) is 6.10. The van der Waals surface area contributed by atoms with Crippen molar-refractivity contribution in [1.29, 1.82) is 0 Å². The van der Waals surface area contributed by atoms with Crippen molar-refractivity contribution < 1.29 is 18.0 Å². The molecule has 0 unspecified atom stereocenters. The lowest BCUT2D eigenvalue weighted by atomic mass is 10.1. The number of anilines is 1. The molecule has 0 radical (unpaired) electrons. The standard InChI is InChI=1S/C19H23N3O4S/c1-2-3-4-18(23)22-16-9-7-15(8-10-16)19(24)21-13-14-5-11-17(12-6-14)27(20,25)26/h5-12H,2-4,13H2,1H3,(H,21,24)(H,22,23)(H2,20,25,26). The van der Waals surface area contributed by atoms with Crippen LogP contribution in [-0.4, -0.2) is 20.2 Å². The molecule has 0 bridgehead atoms. The van der Waals surface area contributed by atoms with Crippen molar-refractivity contribution >= 4 is 27.5 Å². The van der Waals surface area contributed by atoms with Gasteiger partial charge in [0.2, 0.25) is 15.9 Å². The average molecular weight is 389 g/mol. The predicted octanol–water partition coefficient (Wildman–Crippen LogP) is 2.39. The Hall–Kier alpha value is -2.71. The number of unbranched alkanes of at least 4 members (excludes halogenated alkanes) is 1. The number of amides is 2. The Kier molecular flexibility index (Phi) is 7.09. The van der Waals surface area contributed by atoms with Crippen LogP contribution in [0.2, 0.25) is 0 Å². The summed E-state index contributed by atoms with van der Waals surface area (Å²) < 4.78 is 22.4. The van der Waals surface area contributed by atoms with Crippen molar-refractivity contribution in [2.24, 2.45) is 5.14 Å². The van der Waals surface area contributed by atoms with Crippen LogP contribution in [0.5, 0.6) is 0 Å². The Balaban J connectivity index is 1.89. The third kappa shape index (κ3) is 6.50. The van der Waals surface area contributed by atoms with Gasteiger partial charge in [0, 0.05) is 24.2 Å². The molecule has 27 heavy (non-hydrogen) atoms. The van der Waals surface area contributed by atoms with Crippen molar-refractivity contribution in [3.63, 3.8) is 0 Å². The molecular weight excluding hydrogens is 366 g/mol. The highest BCUT2D eigenvalue weighted by Gasteiger charge is 2.09. The lowest BCUT2D eigenvalue weighted by Crippen LogP contribution is -2.23. The van der Waals surface area contributed by atoms with Crippen LogP contribution in [0.4, 0.5) is 5.69 Å². The quantitative estimate of drug-likeness (QED) is 0.642. The zero-order valence-electron chi connectivity index (χ0n) is 15.1. The van der Waals surface area contributed by atoms with Gasteiger partial charge in [-0.3, -0.25) is 9.59 Å². The van der Waals surface area contributed by atoms with Crippen LogP contribution in [0.25, 0.3) is 0 Å². The van der Waals surface area contributed by atoms with Gasteiger partial charge in [0.25, 0.3) is 5.91 Å². The molecule has 2 aromatic carbocycles. The lowest BCUT2D eigenvalue weighted by Gasteiger charge is -2.08. The van der Waals surface area contributed by atoms with Gasteiger partial charge in [-0.2, -0.15) is 0 Å². The highest BCUT2D eigenvalue weighted by molar-refractivity contribution is 7.89. The smallest absolute Gasteiger partial charge is 0.251 e. The Labute approximate surface area is 159 Å². The van der Waals surface area contributed by atoms with Crippen molar-refractivity contribution in [1.82, 2.24) is 5.32 Å². The fourth-order valence-corrected chi connectivity index (χ4v) is 2.86. The maximum absolute atomic E-state index is 12.2. The molecule has 0 aliphatic heterocycles.